The van der Waals surface area contributed by atoms with E-state index in [4.69, 9.17) is 5.11 Å². The number of anilines is 1. The fourth-order valence-electron chi connectivity index (χ4n) is 2.17. The first-order valence-corrected chi connectivity index (χ1v) is 6.05. The molecular weight excluding hydrogens is 248 g/mol. The monoisotopic (exact) mass is 266 g/mol. The Morgan fingerprint density at radius 1 is 1.26 bits per heavy atom. The Labute approximate surface area is 111 Å². The number of nitro benzene ring substituents is 1. The molecule has 104 valence electrons. The molecule has 19 heavy (non-hydrogen) atoms. The van der Waals surface area contributed by atoms with Crippen molar-refractivity contribution in [3.05, 3.63) is 33.9 Å². The summed E-state index contributed by atoms with van der Waals surface area (Å²) in [5.41, 5.74) is 0.185. The van der Waals surface area contributed by atoms with E-state index < -0.39 is 10.9 Å². The summed E-state index contributed by atoms with van der Waals surface area (Å²) in [6.45, 7) is 7.76. The number of carboxylic acid groups (broad SMARTS) is 1. The summed E-state index contributed by atoms with van der Waals surface area (Å²) < 4.78 is 0. The molecule has 0 aliphatic carbocycles. The van der Waals surface area contributed by atoms with Crippen LogP contribution in [0.25, 0.3) is 0 Å². The SMILES string of the molecule is CC(C)N(c1ccc(C(=O)O)cc1[N+](=O)[O-])C(C)C. The summed E-state index contributed by atoms with van der Waals surface area (Å²) in [6.07, 6.45) is 0. The molecule has 0 bridgehead atoms. The van der Waals surface area contributed by atoms with Crippen LogP contribution < -0.4 is 4.90 Å². The van der Waals surface area contributed by atoms with Gasteiger partial charge in [0.2, 0.25) is 0 Å². The molecule has 1 N–H and O–H groups in total. The molecule has 6 heteroatoms. The highest BCUT2D eigenvalue weighted by Gasteiger charge is 2.24. The Morgan fingerprint density at radius 2 is 1.79 bits per heavy atom. The van der Waals surface area contributed by atoms with Crippen molar-refractivity contribution in [1.29, 1.82) is 0 Å². The van der Waals surface area contributed by atoms with Gasteiger partial charge in [-0.25, -0.2) is 4.79 Å². The van der Waals surface area contributed by atoms with Crippen molar-refractivity contribution in [3.8, 4) is 0 Å². The van der Waals surface area contributed by atoms with Crippen molar-refractivity contribution in [2.75, 3.05) is 4.90 Å². The van der Waals surface area contributed by atoms with Gasteiger partial charge in [0.05, 0.1) is 10.5 Å². The van der Waals surface area contributed by atoms with Gasteiger partial charge in [-0.2, -0.15) is 0 Å². The highest BCUT2D eigenvalue weighted by Crippen LogP contribution is 2.32. The van der Waals surface area contributed by atoms with E-state index in [2.05, 4.69) is 0 Å². The minimum Gasteiger partial charge on any atom is -0.478 e. The average molecular weight is 266 g/mol. The molecule has 1 aromatic rings. The first-order valence-electron chi connectivity index (χ1n) is 6.05. The van der Waals surface area contributed by atoms with E-state index in [1.807, 2.05) is 32.6 Å². The highest BCUT2D eigenvalue weighted by atomic mass is 16.6. The van der Waals surface area contributed by atoms with Crippen molar-refractivity contribution in [2.45, 2.75) is 39.8 Å². The highest BCUT2D eigenvalue weighted by molar-refractivity contribution is 5.89. The second-order valence-corrected chi connectivity index (χ2v) is 4.86. The number of rotatable bonds is 5. The fraction of sp³-hybridized carbons (Fsp3) is 0.462. The van der Waals surface area contributed by atoms with E-state index in [0.29, 0.717) is 5.69 Å². The Kier molecular flexibility index (Phi) is 4.47. The summed E-state index contributed by atoms with van der Waals surface area (Å²) in [5, 5.41) is 20.0. The van der Waals surface area contributed by atoms with Crippen molar-refractivity contribution >= 4 is 17.3 Å². The lowest BCUT2D eigenvalue weighted by atomic mass is 10.1. The number of nitro groups is 1. The van der Waals surface area contributed by atoms with Crippen LogP contribution in [0.5, 0.6) is 0 Å². The molecule has 0 unspecified atom stereocenters. The largest absolute Gasteiger partial charge is 0.478 e. The van der Waals surface area contributed by atoms with Gasteiger partial charge in [0.25, 0.3) is 5.69 Å². The molecule has 0 heterocycles. The summed E-state index contributed by atoms with van der Waals surface area (Å²) in [7, 11) is 0. The summed E-state index contributed by atoms with van der Waals surface area (Å²) in [5.74, 6) is -1.17. The number of carboxylic acids is 1. The van der Waals surface area contributed by atoms with Gasteiger partial charge >= 0.3 is 5.97 Å². The van der Waals surface area contributed by atoms with Gasteiger partial charge in [-0.3, -0.25) is 10.1 Å². The molecule has 0 spiro atoms. The van der Waals surface area contributed by atoms with Crippen LogP contribution in [0.15, 0.2) is 18.2 Å². The van der Waals surface area contributed by atoms with Crippen LogP contribution in [-0.4, -0.2) is 28.1 Å². The number of nitrogens with zero attached hydrogens (tertiary/aromatic N) is 2. The molecule has 0 radical (unpaired) electrons. The first-order chi connectivity index (χ1) is 8.75. The van der Waals surface area contributed by atoms with Crippen LogP contribution in [-0.2, 0) is 0 Å². The summed E-state index contributed by atoms with van der Waals surface area (Å²) in [6, 6.07) is 4.16. The van der Waals surface area contributed by atoms with E-state index in [1.165, 1.54) is 12.1 Å². The molecule has 0 saturated carbocycles. The van der Waals surface area contributed by atoms with Gasteiger partial charge in [0.15, 0.2) is 0 Å². The normalized spacial score (nSPS) is 10.8. The molecule has 0 aliphatic rings. The van der Waals surface area contributed by atoms with E-state index in [1.54, 1.807) is 0 Å². The number of aromatic carboxylic acids is 1. The predicted molar refractivity (Wildman–Crippen MR) is 72.8 cm³/mol. The topological polar surface area (TPSA) is 83.7 Å². The van der Waals surface area contributed by atoms with Gasteiger partial charge in [-0.15, -0.1) is 0 Å². The number of carbonyl (C=O) groups is 1. The maximum atomic E-state index is 11.1. The lowest BCUT2D eigenvalue weighted by molar-refractivity contribution is -0.384. The first kappa shape index (κ1) is 14.9. The maximum absolute atomic E-state index is 11.1. The van der Waals surface area contributed by atoms with Crippen molar-refractivity contribution < 1.29 is 14.8 Å². The Balaban J connectivity index is 3.41. The molecule has 0 aliphatic heterocycles. The van der Waals surface area contributed by atoms with E-state index >= 15 is 0 Å². The quantitative estimate of drug-likeness (QED) is 0.654. The second kappa shape index (κ2) is 5.69. The second-order valence-electron chi connectivity index (χ2n) is 4.86. The molecule has 0 atom stereocenters. The van der Waals surface area contributed by atoms with E-state index in [0.717, 1.165) is 6.07 Å². The zero-order valence-electron chi connectivity index (χ0n) is 11.5. The lowest BCUT2D eigenvalue weighted by Crippen LogP contribution is -2.37. The molecule has 0 amide bonds. The standard InChI is InChI=1S/C13H18N2O4/c1-8(2)14(9(3)4)11-6-5-10(13(16)17)7-12(11)15(18)19/h5-9H,1-4H3,(H,16,17). The van der Waals surface area contributed by atoms with E-state index in [9.17, 15) is 14.9 Å². The summed E-state index contributed by atoms with van der Waals surface area (Å²) >= 11 is 0. The predicted octanol–water partition coefficient (Wildman–Crippen LogP) is 2.92. The van der Waals surface area contributed by atoms with Gasteiger partial charge in [-0.05, 0) is 39.8 Å². The molecule has 1 aromatic carbocycles. The van der Waals surface area contributed by atoms with Crippen LogP contribution >= 0.6 is 0 Å². The number of benzene rings is 1. The summed E-state index contributed by atoms with van der Waals surface area (Å²) in [4.78, 5) is 23.4. The van der Waals surface area contributed by atoms with Crippen LogP contribution in [0.1, 0.15) is 38.1 Å². The van der Waals surface area contributed by atoms with Crippen LogP contribution in [0.3, 0.4) is 0 Å². The smallest absolute Gasteiger partial charge is 0.335 e. The van der Waals surface area contributed by atoms with Gasteiger partial charge in [-0.1, -0.05) is 0 Å². The van der Waals surface area contributed by atoms with E-state index in [-0.39, 0.29) is 23.3 Å². The zero-order valence-corrected chi connectivity index (χ0v) is 11.5. The molecule has 0 fully saturated rings. The van der Waals surface area contributed by atoms with Crippen LogP contribution in [0.2, 0.25) is 0 Å². The third-order valence-electron chi connectivity index (χ3n) is 2.81. The average Bonchev–Trinajstić information content (AvgIpc) is 2.27. The van der Waals surface area contributed by atoms with Crippen molar-refractivity contribution in [1.82, 2.24) is 0 Å². The van der Waals surface area contributed by atoms with Crippen molar-refractivity contribution in [2.24, 2.45) is 0 Å². The Morgan fingerprint density at radius 3 is 2.16 bits per heavy atom. The third kappa shape index (κ3) is 3.21. The van der Waals surface area contributed by atoms with Crippen molar-refractivity contribution in [3.63, 3.8) is 0 Å². The van der Waals surface area contributed by atoms with Crippen LogP contribution in [0, 0.1) is 10.1 Å². The maximum Gasteiger partial charge on any atom is 0.335 e. The minimum absolute atomic E-state index is 0.0781. The lowest BCUT2D eigenvalue weighted by Gasteiger charge is -2.32. The zero-order chi connectivity index (χ0) is 14.7. The Bertz CT molecular complexity index is 489. The van der Waals surface area contributed by atoms with Gasteiger partial charge in [0.1, 0.15) is 5.69 Å². The number of hydrogen-bond donors (Lipinski definition) is 1. The molecule has 0 saturated heterocycles. The third-order valence-corrected chi connectivity index (χ3v) is 2.81. The van der Waals surface area contributed by atoms with Gasteiger partial charge < -0.3 is 10.0 Å². The molecule has 6 nitrogen and oxygen atoms in total. The van der Waals surface area contributed by atoms with Gasteiger partial charge in [0, 0.05) is 18.2 Å². The molecule has 1 rings (SSSR count). The molecular formula is C13H18N2O4. The molecule has 0 aromatic heterocycles. The van der Waals surface area contributed by atoms with Crippen LogP contribution in [0.4, 0.5) is 11.4 Å². The minimum atomic E-state index is -1.17. The fourth-order valence-corrected chi connectivity index (χ4v) is 2.17. The number of hydrogen-bond acceptors (Lipinski definition) is 4. The Hall–Kier alpha value is -2.11.